The normalized spacial score (nSPS) is 11.3. The van der Waals surface area contributed by atoms with E-state index < -0.39 is 16.0 Å². The largest absolute Gasteiger partial charge is 0.465 e. The number of benzene rings is 3. The average Bonchev–Trinajstić information content (AvgIpc) is 3.25. The lowest BCUT2D eigenvalue weighted by atomic mass is 10.0. The SMILES string of the molecule is CCOC(=O)Cn1cc(C(=O)CCc2ccc(C(=N)N)cc2)c2cc(NS(=O)(=O)c3ccccc3)ccc21. The molecule has 4 N–H and O–H groups in total. The zero-order valence-corrected chi connectivity index (χ0v) is 21.6. The predicted octanol–water partition coefficient (Wildman–Crippen LogP) is 4.10. The Labute approximate surface area is 220 Å². The summed E-state index contributed by atoms with van der Waals surface area (Å²) in [7, 11) is -3.83. The van der Waals surface area contributed by atoms with Gasteiger partial charge in [-0.1, -0.05) is 42.5 Å². The van der Waals surface area contributed by atoms with Crippen LogP contribution in [0.3, 0.4) is 0 Å². The van der Waals surface area contributed by atoms with E-state index in [2.05, 4.69) is 4.72 Å². The monoisotopic (exact) mass is 532 g/mol. The van der Waals surface area contributed by atoms with E-state index in [1.54, 1.807) is 66.2 Å². The maximum Gasteiger partial charge on any atom is 0.325 e. The summed E-state index contributed by atoms with van der Waals surface area (Å²) >= 11 is 0. The van der Waals surface area contributed by atoms with Crippen LogP contribution in [0.5, 0.6) is 0 Å². The number of fused-ring (bicyclic) bond motifs is 1. The number of aromatic nitrogens is 1. The van der Waals surface area contributed by atoms with Crippen LogP contribution in [0.1, 0.15) is 34.8 Å². The molecule has 0 saturated carbocycles. The van der Waals surface area contributed by atoms with Crippen LogP contribution in [0.15, 0.2) is 83.9 Å². The lowest BCUT2D eigenvalue weighted by Crippen LogP contribution is -2.13. The summed E-state index contributed by atoms with van der Waals surface area (Å²) in [4.78, 5) is 25.6. The summed E-state index contributed by atoms with van der Waals surface area (Å²) in [6.07, 6.45) is 2.26. The Kier molecular flexibility index (Phi) is 7.92. The van der Waals surface area contributed by atoms with Crippen molar-refractivity contribution in [1.82, 2.24) is 4.57 Å². The third kappa shape index (κ3) is 6.09. The molecule has 38 heavy (non-hydrogen) atoms. The van der Waals surface area contributed by atoms with E-state index in [1.165, 1.54) is 12.1 Å². The summed E-state index contributed by atoms with van der Waals surface area (Å²) in [6.45, 7) is 1.87. The number of amidine groups is 1. The number of sulfonamides is 1. The van der Waals surface area contributed by atoms with Crippen molar-refractivity contribution in [1.29, 1.82) is 5.41 Å². The number of ether oxygens (including phenoxy) is 1. The molecule has 0 radical (unpaired) electrons. The number of hydrogen-bond acceptors (Lipinski definition) is 6. The number of aryl methyl sites for hydroxylation is 1. The minimum atomic E-state index is -3.83. The second-order valence-electron chi connectivity index (χ2n) is 8.66. The summed E-state index contributed by atoms with van der Waals surface area (Å²) < 4.78 is 35.0. The fourth-order valence-corrected chi connectivity index (χ4v) is 5.19. The van der Waals surface area contributed by atoms with Crippen molar-refractivity contribution in [2.75, 3.05) is 11.3 Å². The van der Waals surface area contributed by atoms with E-state index in [4.69, 9.17) is 15.9 Å². The average molecular weight is 533 g/mol. The molecule has 196 valence electrons. The van der Waals surface area contributed by atoms with Gasteiger partial charge in [0.15, 0.2) is 5.78 Å². The van der Waals surface area contributed by atoms with E-state index in [9.17, 15) is 18.0 Å². The fourth-order valence-electron chi connectivity index (χ4n) is 4.12. The first-order valence-electron chi connectivity index (χ1n) is 12.0. The Balaban J connectivity index is 1.64. The molecule has 0 unspecified atom stereocenters. The van der Waals surface area contributed by atoms with E-state index in [-0.39, 0.29) is 36.1 Å². The molecule has 4 rings (SSSR count). The minimum absolute atomic E-state index is 0.0271. The minimum Gasteiger partial charge on any atom is -0.465 e. The zero-order valence-electron chi connectivity index (χ0n) is 20.8. The van der Waals surface area contributed by atoms with Gasteiger partial charge in [0.2, 0.25) is 0 Å². The highest BCUT2D eigenvalue weighted by Crippen LogP contribution is 2.28. The number of rotatable bonds is 11. The second kappa shape index (κ2) is 11.3. The Hall–Kier alpha value is -4.44. The van der Waals surface area contributed by atoms with Gasteiger partial charge in [-0.3, -0.25) is 19.7 Å². The quantitative estimate of drug-likeness (QED) is 0.115. The van der Waals surface area contributed by atoms with Crippen molar-refractivity contribution in [2.24, 2.45) is 5.73 Å². The van der Waals surface area contributed by atoms with Crippen molar-refractivity contribution in [3.05, 3.63) is 95.7 Å². The Bertz CT molecular complexity index is 1590. The molecule has 0 aliphatic heterocycles. The van der Waals surface area contributed by atoms with E-state index in [0.717, 1.165) is 5.56 Å². The van der Waals surface area contributed by atoms with Gasteiger partial charge in [0.05, 0.1) is 11.5 Å². The van der Waals surface area contributed by atoms with Crippen molar-refractivity contribution in [2.45, 2.75) is 31.2 Å². The smallest absolute Gasteiger partial charge is 0.325 e. The summed E-state index contributed by atoms with van der Waals surface area (Å²) in [6, 6.07) is 20.0. The predicted molar refractivity (Wildman–Crippen MR) is 146 cm³/mol. The standard InChI is InChI=1S/C28H28N4O5S/c1-2-37-27(34)18-32-17-24(26(33)15-10-19-8-11-20(12-9-19)28(29)30)23-16-21(13-14-25(23)32)31-38(35,36)22-6-4-3-5-7-22/h3-9,11-14,16-17,31H,2,10,15,18H2,1H3,(H3,29,30). The molecule has 9 nitrogen and oxygen atoms in total. The number of anilines is 1. The lowest BCUT2D eigenvalue weighted by molar-refractivity contribution is -0.143. The first-order chi connectivity index (χ1) is 18.2. The van der Waals surface area contributed by atoms with Crippen LogP contribution < -0.4 is 10.5 Å². The molecule has 0 aliphatic rings. The van der Waals surface area contributed by atoms with Crippen molar-refractivity contribution < 1.29 is 22.7 Å². The molecule has 0 spiro atoms. The number of nitrogens with zero attached hydrogens (tertiary/aromatic N) is 1. The van der Waals surface area contributed by atoms with Gasteiger partial charge in [-0.2, -0.15) is 0 Å². The molecule has 0 aliphatic carbocycles. The van der Waals surface area contributed by atoms with Gasteiger partial charge in [0.1, 0.15) is 12.4 Å². The summed E-state index contributed by atoms with van der Waals surface area (Å²) in [5.74, 6) is -0.625. The van der Waals surface area contributed by atoms with Crippen molar-refractivity contribution in [3.63, 3.8) is 0 Å². The van der Waals surface area contributed by atoms with Crippen LogP contribution in [-0.2, 0) is 32.5 Å². The Morgan fingerprint density at radius 3 is 2.39 bits per heavy atom. The molecule has 0 fully saturated rings. The van der Waals surface area contributed by atoms with Crippen molar-refractivity contribution >= 4 is 44.2 Å². The summed E-state index contributed by atoms with van der Waals surface area (Å²) in [5.41, 5.74) is 8.30. The highest BCUT2D eigenvalue weighted by Gasteiger charge is 2.19. The van der Waals surface area contributed by atoms with Gasteiger partial charge in [-0.15, -0.1) is 0 Å². The van der Waals surface area contributed by atoms with Gasteiger partial charge in [-0.05, 0) is 49.2 Å². The fraction of sp³-hybridized carbons (Fsp3) is 0.179. The number of Topliss-reactive ketones (excluding diaryl/α,β-unsaturated/α-hetero) is 1. The summed E-state index contributed by atoms with van der Waals surface area (Å²) in [5, 5.41) is 8.04. The first-order valence-corrected chi connectivity index (χ1v) is 13.5. The third-order valence-electron chi connectivity index (χ3n) is 6.00. The second-order valence-corrected chi connectivity index (χ2v) is 10.3. The molecule has 3 aromatic carbocycles. The molecule has 0 atom stereocenters. The van der Waals surface area contributed by atoms with Crippen LogP contribution >= 0.6 is 0 Å². The highest BCUT2D eigenvalue weighted by atomic mass is 32.2. The number of nitrogen functional groups attached to an aromatic ring is 1. The van der Waals surface area contributed by atoms with Crippen LogP contribution in [0, 0.1) is 5.41 Å². The van der Waals surface area contributed by atoms with E-state index >= 15 is 0 Å². The van der Waals surface area contributed by atoms with E-state index in [1.807, 2.05) is 12.1 Å². The third-order valence-corrected chi connectivity index (χ3v) is 7.39. The number of esters is 1. The van der Waals surface area contributed by atoms with Gasteiger partial charge in [-0.25, -0.2) is 8.42 Å². The van der Waals surface area contributed by atoms with E-state index in [0.29, 0.717) is 34.1 Å². The molecule has 0 amide bonds. The molecular weight excluding hydrogens is 504 g/mol. The molecule has 1 heterocycles. The highest BCUT2D eigenvalue weighted by molar-refractivity contribution is 7.92. The number of nitrogens with one attached hydrogen (secondary N) is 2. The maximum absolute atomic E-state index is 13.3. The zero-order chi connectivity index (χ0) is 27.3. The van der Waals surface area contributed by atoms with Gasteiger partial charge in [0.25, 0.3) is 10.0 Å². The number of ketones is 1. The molecule has 0 saturated heterocycles. The molecule has 10 heteroatoms. The molecular formula is C28H28N4O5S. The van der Waals surface area contributed by atoms with Crippen LogP contribution in [0.4, 0.5) is 5.69 Å². The number of nitrogens with two attached hydrogens (primary N) is 1. The number of hydrogen-bond donors (Lipinski definition) is 3. The maximum atomic E-state index is 13.3. The Morgan fingerprint density at radius 2 is 1.74 bits per heavy atom. The molecule has 1 aromatic heterocycles. The van der Waals surface area contributed by atoms with Gasteiger partial charge >= 0.3 is 5.97 Å². The lowest BCUT2D eigenvalue weighted by Gasteiger charge is -2.09. The van der Waals surface area contributed by atoms with Crippen LogP contribution in [-0.4, -0.2) is 37.2 Å². The van der Waals surface area contributed by atoms with Crippen LogP contribution in [0.25, 0.3) is 10.9 Å². The topological polar surface area (TPSA) is 144 Å². The number of carbonyl (C=O) groups is 2. The molecule has 4 aromatic rings. The first kappa shape index (κ1) is 26.6. The van der Waals surface area contributed by atoms with Crippen molar-refractivity contribution in [3.8, 4) is 0 Å². The number of carbonyl (C=O) groups excluding carboxylic acids is 2. The Morgan fingerprint density at radius 1 is 1.03 bits per heavy atom. The molecule has 0 bridgehead atoms. The van der Waals surface area contributed by atoms with Gasteiger partial charge < -0.3 is 15.0 Å². The van der Waals surface area contributed by atoms with Crippen LogP contribution in [0.2, 0.25) is 0 Å². The van der Waals surface area contributed by atoms with Gasteiger partial charge in [0, 0.05) is 40.3 Å².